The number of benzene rings is 1. The Bertz CT molecular complexity index is 396. The summed E-state index contributed by atoms with van der Waals surface area (Å²) in [6, 6.07) is 8.78. The topological polar surface area (TPSA) is 29.3 Å². The molecule has 0 amide bonds. The van der Waals surface area contributed by atoms with Crippen LogP contribution in [0.15, 0.2) is 24.3 Å². The van der Waals surface area contributed by atoms with Crippen LogP contribution in [0.3, 0.4) is 0 Å². The van der Waals surface area contributed by atoms with Crippen LogP contribution in [-0.4, -0.2) is 24.0 Å². The summed E-state index contributed by atoms with van der Waals surface area (Å²) in [5.41, 5.74) is 8.99. The van der Waals surface area contributed by atoms with Crippen molar-refractivity contribution >= 4 is 0 Å². The van der Waals surface area contributed by atoms with Crippen LogP contribution in [-0.2, 0) is 6.54 Å². The Balaban J connectivity index is 2.85. The van der Waals surface area contributed by atoms with Gasteiger partial charge in [-0.1, -0.05) is 57.0 Å². The first kappa shape index (κ1) is 17.2. The van der Waals surface area contributed by atoms with Crippen LogP contribution in [0.2, 0.25) is 0 Å². The molecule has 2 atom stereocenters. The Kier molecular flexibility index (Phi) is 6.70. The van der Waals surface area contributed by atoms with Crippen molar-refractivity contribution in [2.45, 2.75) is 59.0 Å². The summed E-state index contributed by atoms with van der Waals surface area (Å²) >= 11 is 0. The summed E-state index contributed by atoms with van der Waals surface area (Å²) in [6.07, 6.45) is 3.51. The second-order valence-corrected chi connectivity index (χ2v) is 6.34. The van der Waals surface area contributed by atoms with Gasteiger partial charge >= 0.3 is 0 Å². The molecule has 0 saturated heterocycles. The van der Waals surface area contributed by atoms with Crippen molar-refractivity contribution in [2.75, 3.05) is 13.6 Å². The summed E-state index contributed by atoms with van der Waals surface area (Å²) in [4.78, 5) is 2.47. The van der Waals surface area contributed by atoms with Crippen molar-refractivity contribution in [1.29, 1.82) is 0 Å². The van der Waals surface area contributed by atoms with Crippen molar-refractivity contribution in [3.05, 3.63) is 35.4 Å². The Labute approximate surface area is 125 Å². The predicted octanol–water partition coefficient (Wildman–Crippen LogP) is 3.97. The molecular weight excluding hydrogens is 244 g/mol. The van der Waals surface area contributed by atoms with E-state index < -0.39 is 0 Å². The monoisotopic (exact) mass is 276 g/mol. The third-order valence-electron chi connectivity index (χ3n) is 4.78. The van der Waals surface area contributed by atoms with E-state index in [0.29, 0.717) is 0 Å². The summed E-state index contributed by atoms with van der Waals surface area (Å²) in [5.74, 6) is 0.721. The third-order valence-corrected chi connectivity index (χ3v) is 4.78. The number of nitrogens with two attached hydrogens (primary N) is 1. The molecule has 0 radical (unpaired) electrons. The van der Waals surface area contributed by atoms with Gasteiger partial charge in [0.25, 0.3) is 0 Å². The van der Waals surface area contributed by atoms with Crippen molar-refractivity contribution in [3.63, 3.8) is 0 Å². The van der Waals surface area contributed by atoms with Gasteiger partial charge in [0.1, 0.15) is 0 Å². The molecule has 1 aromatic carbocycles. The normalized spacial score (nSPS) is 16.1. The summed E-state index contributed by atoms with van der Waals surface area (Å²) < 4.78 is 0. The van der Waals surface area contributed by atoms with Gasteiger partial charge in [0.15, 0.2) is 0 Å². The molecule has 2 N–H and O–H groups in total. The summed E-state index contributed by atoms with van der Waals surface area (Å²) in [5, 5.41) is 0. The van der Waals surface area contributed by atoms with Gasteiger partial charge < -0.3 is 5.73 Å². The highest BCUT2D eigenvalue weighted by molar-refractivity contribution is 5.22. The first-order chi connectivity index (χ1) is 9.47. The lowest BCUT2D eigenvalue weighted by molar-refractivity contribution is 0.0855. The molecule has 0 saturated carbocycles. The molecule has 0 aliphatic heterocycles. The van der Waals surface area contributed by atoms with Crippen molar-refractivity contribution in [1.82, 2.24) is 4.90 Å². The molecule has 2 nitrogen and oxygen atoms in total. The van der Waals surface area contributed by atoms with Gasteiger partial charge in [-0.05, 0) is 38.3 Å². The number of aryl methyl sites for hydroxylation is 1. The first-order valence-corrected chi connectivity index (χ1v) is 7.94. The fourth-order valence-corrected chi connectivity index (χ4v) is 3.00. The highest BCUT2D eigenvalue weighted by Crippen LogP contribution is 2.28. The minimum Gasteiger partial charge on any atom is -0.329 e. The lowest BCUT2D eigenvalue weighted by Crippen LogP contribution is -2.52. The summed E-state index contributed by atoms with van der Waals surface area (Å²) in [6.45, 7) is 10.7. The number of nitrogens with zero attached hydrogens (tertiary/aromatic N) is 1. The molecule has 1 rings (SSSR count). The van der Waals surface area contributed by atoms with Crippen LogP contribution in [0.1, 0.15) is 51.2 Å². The minimum atomic E-state index is 0.124. The largest absolute Gasteiger partial charge is 0.329 e. The zero-order valence-corrected chi connectivity index (χ0v) is 13.9. The molecule has 0 heterocycles. The maximum atomic E-state index is 6.16. The average molecular weight is 276 g/mol. The highest BCUT2D eigenvalue weighted by Gasteiger charge is 2.32. The SMILES string of the molecule is CCC(C)CC(CC)(CN)N(C)Cc1cccc(C)c1. The lowest BCUT2D eigenvalue weighted by Gasteiger charge is -2.42. The van der Waals surface area contributed by atoms with E-state index in [1.165, 1.54) is 24.0 Å². The molecule has 0 aliphatic rings. The molecule has 2 heteroatoms. The van der Waals surface area contributed by atoms with Crippen molar-refractivity contribution in [2.24, 2.45) is 11.7 Å². The number of rotatable bonds is 8. The predicted molar refractivity (Wildman–Crippen MR) is 88.8 cm³/mol. The van der Waals surface area contributed by atoms with Crippen LogP contribution in [0.25, 0.3) is 0 Å². The minimum absolute atomic E-state index is 0.124. The van der Waals surface area contributed by atoms with Gasteiger partial charge in [-0.2, -0.15) is 0 Å². The number of hydrogen-bond acceptors (Lipinski definition) is 2. The Hall–Kier alpha value is -0.860. The van der Waals surface area contributed by atoms with E-state index in [4.69, 9.17) is 5.73 Å². The van der Waals surface area contributed by atoms with Gasteiger partial charge in [0.2, 0.25) is 0 Å². The molecule has 0 spiro atoms. The number of hydrogen-bond donors (Lipinski definition) is 1. The van der Waals surface area contributed by atoms with E-state index in [1.54, 1.807) is 0 Å². The van der Waals surface area contributed by atoms with E-state index >= 15 is 0 Å². The quantitative estimate of drug-likeness (QED) is 0.778. The Morgan fingerprint density at radius 3 is 2.50 bits per heavy atom. The van der Waals surface area contributed by atoms with Crippen LogP contribution >= 0.6 is 0 Å². The zero-order valence-electron chi connectivity index (χ0n) is 13.9. The highest BCUT2D eigenvalue weighted by atomic mass is 15.2. The summed E-state index contributed by atoms with van der Waals surface area (Å²) in [7, 11) is 2.22. The van der Waals surface area contributed by atoms with E-state index in [-0.39, 0.29) is 5.54 Å². The molecule has 2 unspecified atom stereocenters. The maximum absolute atomic E-state index is 6.16. The third kappa shape index (κ3) is 4.32. The molecule has 114 valence electrons. The molecular formula is C18H32N2. The van der Waals surface area contributed by atoms with Crippen LogP contribution in [0.4, 0.5) is 0 Å². The first-order valence-electron chi connectivity index (χ1n) is 7.94. The average Bonchev–Trinajstić information content (AvgIpc) is 2.44. The molecule has 0 aliphatic carbocycles. The smallest absolute Gasteiger partial charge is 0.0332 e. The zero-order chi connectivity index (χ0) is 15.2. The molecule has 1 aromatic rings. The van der Waals surface area contributed by atoms with Gasteiger partial charge in [-0.15, -0.1) is 0 Å². The Morgan fingerprint density at radius 2 is 2.00 bits per heavy atom. The fourth-order valence-electron chi connectivity index (χ4n) is 3.00. The molecule has 0 fully saturated rings. The second kappa shape index (κ2) is 7.80. The van der Waals surface area contributed by atoms with Gasteiger partial charge in [-0.3, -0.25) is 4.90 Å². The van der Waals surface area contributed by atoms with Crippen LogP contribution in [0, 0.1) is 12.8 Å². The van der Waals surface area contributed by atoms with Crippen LogP contribution in [0.5, 0.6) is 0 Å². The Morgan fingerprint density at radius 1 is 1.30 bits per heavy atom. The maximum Gasteiger partial charge on any atom is 0.0332 e. The van der Waals surface area contributed by atoms with E-state index in [9.17, 15) is 0 Å². The van der Waals surface area contributed by atoms with Gasteiger partial charge in [0, 0.05) is 18.6 Å². The van der Waals surface area contributed by atoms with E-state index in [2.05, 4.69) is 63.9 Å². The number of likely N-dealkylation sites (N-methyl/N-ethyl adjacent to an activating group) is 1. The van der Waals surface area contributed by atoms with Crippen LogP contribution < -0.4 is 5.73 Å². The van der Waals surface area contributed by atoms with E-state index in [1.807, 2.05) is 0 Å². The molecule has 0 aromatic heterocycles. The van der Waals surface area contributed by atoms with E-state index in [0.717, 1.165) is 25.4 Å². The van der Waals surface area contributed by atoms with Crippen molar-refractivity contribution < 1.29 is 0 Å². The standard InChI is InChI=1S/C18H32N2/c1-6-15(3)12-18(7-2,14-19)20(5)13-17-10-8-9-16(4)11-17/h8-11,15H,6-7,12-14,19H2,1-5H3. The lowest BCUT2D eigenvalue weighted by atomic mass is 9.83. The molecule has 20 heavy (non-hydrogen) atoms. The second-order valence-electron chi connectivity index (χ2n) is 6.34. The molecule has 0 bridgehead atoms. The van der Waals surface area contributed by atoms with Crippen molar-refractivity contribution in [3.8, 4) is 0 Å². The van der Waals surface area contributed by atoms with Gasteiger partial charge in [-0.25, -0.2) is 0 Å². The van der Waals surface area contributed by atoms with Gasteiger partial charge in [0.05, 0.1) is 0 Å². The fraction of sp³-hybridized carbons (Fsp3) is 0.667.